The van der Waals surface area contributed by atoms with Crippen molar-refractivity contribution < 1.29 is 9.52 Å². The summed E-state index contributed by atoms with van der Waals surface area (Å²) in [5.74, 6) is -0.393. The second kappa shape index (κ2) is 3.09. The Bertz CT molecular complexity index is 554. The predicted molar refractivity (Wildman–Crippen MR) is 52.6 cm³/mol. The summed E-state index contributed by atoms with van der Waals surface area (Å²) in [6.07, 6.45) is 0. The molecule has 14 heavy (non-hydrogen) atoms. The van der Waals surface area contributed by atoms with Crippen LogP contribution in [0.4, 0.5) is 0 Å². The highest BCUT2D eigenvalue weighted by atomic mass is 35.5. The zero-order valence-electron chi connectivity index (χ0n) is 6.71. The third-order valence-corrected chi connectivity index (χ3v) is 2.28. The van der Waals surface area contributed by atoms with E-state index in [-0.39, 0.29) is 22.1 Å². The van der Waals surface area contributed by atoms with Crippen LogP contribution in [0.2, 0.25) is 10.0 Å². The van der Waals surface area contributed by atoms with Crippen LogP contribution < -0.4 is 0 Å². The summed E-state index contributed by atoms with van der Waals surface area (Å²) < 4.78 is 5.03. The molecule has 0 aliphatic heterocycles. The number of hydrogen-bond acceptors (Lipinski definition) is 3. The topological polar surface area (TPSA) is 57.2 Å². The Labute approximate surface area is 89.1 Å². The molecule has 2 aromatic rings. The van der Waals surface area contributed by atoms with Crippen molar-refractivity contribution in [3.63, 3.8) is 0 Å². The lowest BCUT2D eigenvalue weighted by Crippen LogP contribution is -1.69. The fourth-order valence-electron chi connectivity index (χ4n) is 1.19. The van der Waals surface area contributed by atoms with E-state index >= 15 is 0 Å². The highest BCUT2D eigenvalue weighted by molar-refractivity contribution is 6.38. The first-order valence-electron chi connectivity index (χ1n) is 3.64. The van der Waals surface area contributed by atoms with Gasteiger partial charge >= 0.3 is 0 Å². The normalized spacial score (nSPS) is 10.4. The molecule has 0 spiro atoms. The van der Waals surface area contributed by atoms with Gasteiger partial charge in [-0.05, 0) is 12.1 Å². The molecule has 1 N–H and O–H groups in total. The van der Waals surface area contributed by atoms with Crippen LogP contribution in [0.15, 0.2) is 16.5 Å². The van der Waals surface area contributed by atoms with E-state index in [4.69, 9.17) is 32.9 Å². The second-order valence-electron chi connectivity index (χ2n) is 2.66. The molecule has 0 saturated heterocycles. The molecule has 0 bridgehead atoms. The van der Waals surface area contributed by atoms with Gasteiger partial charge in [-0.2, -0.15) is 5.26 Å². The van der Waals surface area contributed by atoms with Gasteiger partial charge < -0.3 is 9.52 Å². The number of fused-ring (bicyclic) bond motifs is 1. The average Bonchev–Trinajstić information content (AvgIpc) is 2.44. The first kappa shape index (κ1) is 9.20. The van der Waals surface area contributed by atoms with Gasteiger partial charge in [-0.15, -0.1) is 0 Å². The Morgan fingerprint density at radius 1 is 1.36 bits per heavy atom. The standard InChI is InChI=1S/C9H3Cl2NO2/c10-4-1-5-8(13)7(3-12)14-9(5)6(11)2-4/h1-2,13H. The quantitative estimate of drug-likeness (QED) is 0.752. The SMILES string of the molecule is N#Cc1oc2c(Cl)cc(Cl)cc2c1O. The van der Waals surface area contributed by atoms with Crippen molar-refractivity contribution >= 4 is 34.2 Å². The van der Waals surface area contributed by atoms with E-state index in [2.05, 4.69) is 0 Å². The summed E-state index contributed by atoms with van der Waals surface area (Å²) >= 11 is 11.5. The lowest BCUT2D eigenvalue weighted by atomic mass is 10.2. The number of hydrogen-bond donors (Lipinski definition) is 1. The van der Waals surface area contributed by atoms with Gasteiger partial charge in [-0.25, -0.2) is 0 Å². The fourth-order valence-corrected chi connectivity index (χ4v) is 1.72. The van der Waals surface area contributed by atoms with Gasteiger partial charge in [0.05, 0.1) is 10.4 Å². The maximum absolute atomic E-state index is 9.50. The summed E-state index contributed by atoms with van der Waals surface area (Å²) in [5, 5.41) is 19.1. The Morgan fingerprint density at radius 2 is 2.07 bits per heavy atom. The predicted octanol–water partition coefficient (Wildman–Crippen LogP) is 3.32. The average molecular weight is 228 g/mol. The van der Waals surface area contributed by atoms with Crippen LogP contribution in [-0.4, -0.2) is 5.11 Å². The molecule has 5 heteroatoms. The molecule has 0 saturated carbocycles. The highest BCUT2D eigenvalue weighted by Crippen LogP contribution is 2.37. The van der Waals surface area contributed by atoms with Crippen LogP contribution >= 0.6 is 23.2 Å². The van der Waals surface area contributed by atoms with Crippen molar-refractivity contribution in [1.29, 1.82) is 5.26 Å². The van der Waals surface area contributed by atoms with Crippen molar-refractivity contribution in [2.24, 2.45) is 0 Å². The van der Waals surface area contributed by atoms with Gasteiger partial charge in [-0.3, -0.25) is 0 Å². The third-order valence-electron chi connectivity index (χ3n) is 1.78. The maximum Gasteiger partial charge on any atom is 0.246 e. The number of rotatable bonds is 0. The first-order chi connectivity index (χ1) is 6.63. The number of halogens is 2. The van der Waals surface area contributed by atoms with Crippen LogP contribution in [-0.2, 0) is 0 Å². The molecular weight excluding hydrogens is 225 g/mol. The smallest absolute Gasteiger partial charge is 0.246 e. The molecule has 0 aliphatic rings. The Hall–Kier alpha value is -1.37. The number of furan rings is 1. The molecule has 0 amide bonds. The van der Waals surface area contributed by atoms with Gasteiger partial charge in [-0.1, -0.05) is 23.2 Å². The van der Waals surface area contributed by atoms with E-state index in [9.17, 15) is 5.11 Å². The van der Waals surface area contributed by atoms with Crippen molar-refractivity contribution in [1.82, 2.24) is 0 Å². The monoisotopic (exact) mass is 227 g/mol. The van der Waals surface area contributed by atoms with Gasteiger partial charge in [0, 0.05) is 5.02 Å². The fraction of sp³-hybridized carbons (Fsp3) is 0. The summed E-state index contributed by atoms with van der Waals surface area (Å²) in [4.78, 5) is 0. The molecule has 1 aromatic carbocycles. The lowest BCUT2D eigenvalue weighted by Gasteiger charge is -1.93. The molecular formula is C9H3Cl2NO2. The van der Waals surface area contributed by atoms with Crippen LogP contribution in [0.25, 0.3) is 11.0 Å². The molecule has 0 radical (unpaired) electrons. The summed E-state index contributed by atoms with van der Waals surface area (Å²) in [6.45, 7) is 0. The molecule has 0 aliphatic carbocycles. The van der Waals surface area contributed by atoms with E-state index in [1.807, 2.05) is 0 Å². The summed E-state index contributed by atoms with van der Waals surface area (Å²) in [6, 6.07) is 4.68. The maximum atomic E-state index is 9.50. The number of nitrogens with zero attached hydrogens (tertiary/aromatic N) is 1. The minimum absolute atomic E-state index is 0.163. The minimum Gasteiger partial charge on any atom is -0.503 e. The van der Waals surface area contributed by atoms with Crippen LogP contribution in [0, 0.1) is 11.3 Å². The Morgan fingerprint density at radius 3 is 2.71 bits per heavy atom. The van der Waals surface area contributed by atoms with Gasteiger partial charge in [0.25, 0.3) is 0 Å². The molecule has 2 rings (SSSR count). The van der Waals surface area contributed by atoms with Crippen molar-refractivity contribution in [2.45, 2.75) is 0 Å². The summed E-state index contributed by atoms with van der Waals surface area (Å²) in [7, 11) is 0. The minimum atomic E-state index is -0.230. The van der Waals surface area contributed by atoms with Gasteiger partial charge in [0.1, 0.15) is 6.07 Å². The van der Waals surface area contributed by atoms with Crippen molar-refractivity contribution in [2.75, 3.05) is 0 Å². The zero-order chi connectivity index (χ0) is 10.3. The number of aromatic hydroxyl groups is 1. The van der Waals surface area contributed by atoms with Gasteiger partial charge in [0.2, 0.25) is 5.76 Å². The molecule has 0 fully saturated rings. The lowest BCUT2D eigenvalue weighted by molar-refractivity contribution is 0.459. The molecule has 70 valence electrons. The highest BCUT2D eigenvalue weighted by Gasteiger charge is 2.15. The van der Waals surface area contributed by atoms with Crippen LogP contribution in [0.1, 0.15) is 5.76 Å². The third kappa shape index (κ3) is 1.20. The largest absolute Gasteiger partial charge is 0.503 e. The number of benzene rings is 1. The second-order valence-corrected chi connectivity index (χ2v) is 3.50. The molecule has 1 heterocycles. The van der Waals surface area contributed by atoms with Crippen LogP contribution in [0.5, 0.6) is 5.75 Å². The van der Waals surface area contributed by atoms with Gasteiger partial charge in [0.15, 0.2) is 11.3 Å². The molecule has 3 nitrogen and oxygen atoms in total. The summed E-state index contributed by atoms with van der Waals surface area (Å²) in [5.41, 5.74) is 0.269. The van der Waals surface area contributed by atoms with E-state index in [1.54, 1.807) is 6.07 Å². The Kier molecular flexibility index (Phi) is 2.03. The van der Waals surface area contributed by atoms with E-state index < -0.39 is 0 Å². The van der Waals surface area contributed by atoms with E-state index in [1.165, 1.54) is 12.1 Å². The molecule has 0 atom stereocenters. The van der Waals surface area contributed by atoms with E-state index in [0.29, 0.717) is 10.4 Å². The molecule has 0 unspecified atom stereocenters. The first-order valence-corrected chi connectivity index (χ1v) is 4.39. The zero-order valence-corrected chi connectivity index (χ0v) is 8.23. The van der Waals surface area contributed by atoms with Crippen LogP contribution in [0.3, 0.4) is 0 Å². The number of nitriles is 1. The molecule has 1 aromatic heterocycles. The van der Waals surface area contributed by atoms with E-state index in [0.717, 1.165) is 0 Å². The van der Waals surface area contributed by atoms with Crippen molar-refractivity contribution in [3.8, 4) is 11.8 Å². The Balaban J connectivity index is 2.94. The van der Waals surface area contributed by atoms with Crippen molar-refractivity contribution in [3.05, 3.63) is 27.9 Å².